The molecule has 1 N–H and O–H groups in total. The van der Waals surface area contributed by atoms with Crippen LogP contribution in [0.3, 0.4) is 0 Å². The number of hydrogen-bond donors (Lipinski definition) is 1. The molecule has 0 spiro atoms. The molecular weight excluding hydrogens is 346 g/mol. The Labute approximate surface area is 147 Å². The van der Waals surface area contributed by atoms with Crippen LogP contribution in [0.4, 0.5) is 0 Å². The predicted octanol–water partition coefficient (Wildman–Crippen LogP) is 3.58. The maximum atomic E-state index is 12.2. The maximum Gasteiger partial charge on any atom is 0.240 e. The second-order valence-electron chi connectivity index (χ2n) is 5.80. The molecule has 0 atom stereocenters. The third-order valence-corrected chi connectivity index (χ3v) is 5.86. The summed E-state index contributed by atoms with van der Waals surface area (Å²) in [5.41, 5.74) is 2.62. The third kappa shape index (κ3) is 4.09. The van der Waals surface area contributed by atoms with Crippen LogP contribution in [0.25, 0.3) is 0 Å². The third-order valence-electron chi connectivity index (χ3n) is 4.13. The number of rotatable bonds is 6. The van der Waals surface area contributed by atoms with E-state index in [1.165, 1.54) is 36.1 Å². The van der Waals surface area contributed by atoms with Crippen LogP contribution < -0.4 is 9.46 Å². The fourth-order valence-corrected chi connectivity index (χ4v) is 4.05. The molecule has 0 heterocycles. The van der Waals surface area contributed by atoms with Gasteiger partial charge in [0.05, 0.1) is 4.90 Å². The van der Waals surface area contributed by atoms with E-state index < -0.39 is 10.0 Å². The molecule has 3 rings (SSSR count). The Morgan fingerprint density at radius 3 is 2.58 bits per heavy atom. The van der Waals surface area contributed by atoms with E-state index in [0.717, 1.165) is 18.6 Å². The summed E-state index contributed by atoms with van der Waals surface area (Å²) in [5, 5.41) is 0.506. The Morgan fingerprint density at radius 1 is 1.04 bits per heavy atom. The highest BCUT2D eigenvalue weighted by Crippen LogP contribution is 2.29. The second-order valence-corrected chi connectivity index (χ2v) is 8.00. The average molecular weight is 366 g/mol. The van der Waals surface area contributed by atoms with E-state index in [1.807, 2.05) is 12.1 Å². The SMILES string of the molecule is O=S(=O)(NCCOc1cccc2c1CCCC2)c1ccc(Cl)cc1. The minimum absolute atomic E-state index is 0.198. The molecular formula is C18H20ClNO3S. The Kier molecular flexibility index (Phi) is 5.43. The van der Waals surface area contributed by atoms with E-state index >= 15 is 0 Å². The van der Waals surface area contributed by atoms with Gasteiger partial charge in [0.15, 0.2) is 0 Å². The van der Waals surface area contributed by atoms with E-state index in [2.05, 4.69) is 10.8 Å². The highest BCUT2D eigenvalue weighted by molar-refractivity contribution is 7.89. The van der Waals surface area contributed by atoms with Crippen molar-refractivity contribution in [3.63, 3.8) is 0 Å². The number of nitrogens with one attached hydrogen (secondary N) is 1. The monoisotopic (exact) mass is 365 g/mol. The van der Waals surface area contributed by atoms with Crippen LogP contribution in [0.1, 0.15) is 24.0 Å². The van der Waals surface area contributed by atoms with Crippen LogP contribution in [0, 0.1) is 0 Å². The molecule has 0 unspecified atom stereocenters. The predicted molar refractivity (Wildman–Crippen MR) is 95.2 cm³/mol. The summed E-state index contributed by atoms with van der Waals surface area (Å²) >= 11 is 5.78. The lowest BCUT2D eigenvalue weighted by Crippen LogP contribution is -2.28. The molecule has 0 fully saturated rings. The van der Waals surface area contributed by atoms with Gasteiger partial charge in [-0.15, -0.1) is 0 Å². The number of hydrogen-bond acceptors (Lipinski definition) is 3. The average Bonchev–Trinajstić information content (AvgIpc) is 2.59. The van der Waals surface area contributed by atoms with Crippen LogP contribution in [-0.2, 0) is 22.9 Å². The number of fused-ring (bicyclic) bond motifs is 1. The van der Waals surface area contributed by atoms with Gasteiger partial charge < -0.3 is 4.74 Å². The van der Waals surface area contributed by atoms with E-state index in [4.69, 9.17) is 16.3 Å². The van der Waals surface area contributed by atoms with Gasteiger partial charge in [0.1, 0.15) is 12.4 Å². The summed E-state index contributed by atoms with van der Waals surface area (Å²) < 4.78 is 32.7. The minimum Gasteiger partial charge on any atom is -0.492 e. The quantitative estimate of drug-likeness (QED) is 0.796. The molecule has 1 aliphatic carbocycles. The first-order chi connectivity index (χ1) is 11.6. The van der Waals surface area contributed by atoms with Crippen LogP contribution in [0.5, 0.6) is 5.75 Å². The van der Waals surface area contributed by atoms with E-state index in [0.29, 0.717) is 11.6 Å². The second kappa shape index (κ2) is 7.55. The van der Waals surface area contributed by atoms with Gasteiger partial charge >= 0.3 is 0 Å². The number of sulfonamides is 1. The molecule has 2 aromatic rings. The normalized spacial score (nSPS) is 14.2. The molecule has 24 heavy (non-hydrogen) atoms. The summed E-state index contributed by atoms with van der Waals surface area (Å²) in [6, 6.07) is 12.2. The Hall–Kier alpha value is -1.56. The van der Waals surface area contributed by atoms with Gasteiger partial charge in [0.25, 0.3) is 0 Å². The van der Waals surface area contributed by atoms with E-state index in [-0.39, 0.29) is 11.4 Å². The minimum atomic E-state index is -3.54. The van der Waals surface area contributed by atoms with Crippen molar-refractivity contribution in [1.29, 1.82) is 0 Å². The molecule has 0 aromatic heterocycles. The molecule has 0 saturated carbocycles. The molecule has 0 bridgehead atoms. The Balaban J connectivity index is 1.57. The molecule has 0 amide bonds. The molecule has 0 aliphatic heterocycles. The lowest BCUT2D eigenvalue weighted by Gasteiger charge is -2.19. The summed E-state index contributed by atoms with van der Waals surface area (Å²) in [4.78, 5) is 0.198. The van der Waals surface area contributed by atoms with Crippen LogP contribution in [0.15, 0.2) is 47.4 Å². The molecule has 6 heteroatoms. The molecule has 0 radical (unpaired) electrons. The fourth-order valence-electron chi connectivity index (χ4n) is 2.92. The van der Waals surface area contributed by atoms with Crippen molar-refractivity contribution in [2.45, 2.75) is 30.6 Å². The van der Waals surface area contributed by atoms with Crippen molar-refractivity contribution in [3.05, 3.63) is 58.6 Å². The zero-order valence-corrected chi connectivity index (χ0v) is 14.9. The number of ether oxygens (including phenoxy) is 1. The van der Waals surface area contributed by atoms with E-state index in [9.17, 15) is 8.42 Å². The molecule has 2 aromatic carbocycles. The lowest BCUT2D eigenvalue weighted by molar-refractivity contribution is 0.318. The first kappa shape index (κ1) is 17.3. The first-order valence-electron chi connectivity index (χ1n) is 8.05. The van der Waals surface area contributed by atoms with Crippen molar-refractivity contribution >= 4 is 21.6 Å². The lowest BCUT2D eigenvalue weighted by atomic mass is 9.91. The highest BCUT2D eigenvalue weighted by atomic mass is 35.5. The summed E-state index contributed by atoms with van der Waals surface area (Å²) in [6.07, 6.45) is 4.52. The summed E-state index contributed by atoms with van der Waals surface area (Å²) in [6.45, 7) is 0.512. The molecule has 128 valence electrons. The topological polar surface area (TPSA) is 55.4 Å². The van der Waals surface area contributed by atoms with Gasteiger partial charge in [-0.3, -0.25) is 0 Å². The van der Waals surface area contributed by atoms with Gasteiger partial charge in [0.2, 0.25) is 10.0 Å². The number of benzene rings is 2. The van der Waals surface area contributed by atoms with Gasteiger partial charge in [-0.25, -0.2) is 13.1 Å². The fraction of sp³-hybridized carbons (Fsp3) is 0.333. The molecule has 4 nitrogen and oxygen atoms in total. The number of halogens is 1. The zero-order chi connectivity index (χ0) is 17.0. The van der Waals surface area contributed by atoms with Crippen molar-refractivity contribution in [2.75, 3.05) is 13.2 Å². The first-order valence-corrected chi connectivity index (χ1v) is 9.91. The van der Waals surface area contributed by atoms with Gasteiger partial charge in [-0.05, 0) is 67.1 Å². The largest absolute Gasteiger partial charge is 0.492 e. The van der Waals surface area contributed by atoms with Crippen LogP contribution >= 0.6 is 11.6 Å². The van der Waals surface area contributed by atoms with Crippen LogP contribution in [-0.4, -0.2) is 21.6 Å². The molecule has 1 aliphatic rings. The van der Waals surface area contributed by atoms with Crippen molar-refractivity contribution in [1.82, 2.24) is 4.72 Å². The van der Waals surface area contributed by atoms with Crippen LogP contribution in [0.2, 0.25) is 5.02 Å². The molecule has 0 saturated heterocycles. The maximum absolute atomic E-state index is 12.2. The summed E-state index contributed by atoms with van der Waals surface area (Å²) in [5.74, 6) is 0.873. The van der Waals surface area contributed by atoms with Gasteiger partial charge in [0, 0.05) is 11.6 Å². The summed E-state index contributed by atoms with van der Waals surface area (Å²) in [7, 11) is -3.54. The Bertz CT molecular complexity index is 804. The zero-order valence-electron chi connectivity index (χ0n) is 13.3. The standard InChI is InChI=1S/C18H20ClNO3S/c19-15-8-10-16(11-9-15)24(21,22)20-12-13-23-18-7-3-5-14-4-1-2-6-17(14)18/h3,5,7-11,20H,1-2,4,6,12-13H2. The number of aryl methyl sites for hydroxylation is 1. The smallest absolute Gasteiger partial charge is 0.240 e. The van der Waals surface area contributed by atoms with Gasteiger partial charge in [-0.2, -0.15) is 0 Å². The van der Waals surface area contributed by atoms with Crippen molar-refractivity contribution < 1.29 is 13.2 Å². The van der Waals surface area contributed by atoms with Gasteiger partial charge in [-0.1, -0.05) is 23.7 Å². The van der Waals surface area contributed by atoms with Crippen molar-refractivity contribution in [2.24, 2.45) is 0 Å². The van der Waals surface area contributed by atoms with E-state index in [1.54, 1.807) is 12.1 Å². The van der Waals surface area contributed by atoms with Crippen molar-refractivity contribution in [3.8, 4) is 5.75 Å². The Morgan fingerprint density at radius 2 is 1.79 bits per heavy atom. The highest BCUT2D eigenvalue weighted by Gasteiger charge is 2.15.